The van der Waals surface area contributed by atoms with E-state index in [2.05, 4.69) is 10.6 Å². The fourth-order valence-corrected chi connectivity index (χ4v) is 5.86. The van der Waals surface area contributed by atoms with Crippen molar-refractivity contribution in [2.45, 2.75) is 38.5 Å². The van der Waals surface area contributed by atoms with Gasteiger partial charge in [-0.2, -0.15) is 4.31 Å². The molecule has 0 saturated carbocycles. The largest absolute Gasteiger partial charge is 0.482 e. The molecule has 2 N–H and O–H groups in total. The third-order valence-electron chi connectivity index (χ3n) is 5.93. The van der Waals surface area contributed by atoms with E-state index in [1.54, 1.807) is 13.0 Å². The van der Waals surface area contributed by atoms with Crippen molar-refractivity contribution in [1.29, 1.82) is 0 Å². The van der Waals surface area contributed by atoms with Gasteiger partial charge in [0.1, 0.15) is 5.75 Å². The van der Waals surface area contributed by atoms with E-state index >= 15 is 0 Å². The Morgan fingerprint density at radius 2 is 1.94 bits per heavy atom. The maximum atomic E-state index is 13.4. The van der Waals surface area contributed by atoms with Crippen LogP contribution in [0, 0.1) is 26.7 Å². The summed E-state index contributed by atoms with van der Waals surface area (Å²) in [7, 11) is -3.83. The van der Waals surface area contributed by atoms with Crippen LogP contribution in [0.25, 0.3) is 0 Å². The van der Waals surface area contributed by atoms with E-state index in [9.17, 15) is 18.0 Å². The second-order valence-corrected chi connectivity index (χ2v) is 10.4. The minimum atomic E-state index is -3.83. The van der Waals surface area contributed by atoms with Gasteiger partial charge >= 0.3 is 0 Å². The molecule has 2 aromatic rings. The molecule has 0 bridgehead atoms. The highest BCUT2D eigenvalue weighted by atomic mass is 32.2. The van der Waals surface area contributed by atoms with Gasteiger partial charge in [-0.15, -0.1) is 0 Å². The van der Waals surface area contributed by atoms with E-state index in [0.29, 0.717) is 36.4 Å². The first-order chi connectivity index (χ1) is 15.1. The molecular weight excluding hydrogens is 430 g/mol. The summed E-state index contributed by atoms with van der Waals surface area (Å²) in [5.74, 6) is -0.560. The van der Waals surface area contributed by atoms with Gasteiger partial charge in [0.25, 0.3) is 5.91 Å². The van der Waals surface area contributed by atoms with Crippen LogP contribution >= 0.6 is 0 Å². The summed E-state index contributed by atoms with van der Waals surface area (Å²) < 4.78 is 33.6. The third-order valence-corrected chi connectivity index (χ3v) is 7.94. The molecule has 0 spiro atoms. The average molecular weight is 458 g/mol. The number of fused-ring (bicyclic) bond motifs is 1. The summed E-state index contributed by atoms with van der Waals surface area (Å²) in [6.07, 6.45) is 1.22. The average Bonchev–Trinajstić information content (AvgIpc) is 2.75. The lowest BCUT2D eigenvalue weighted by atomic mass is 9.98. The fraction of sp³-hybridized carbons (Fsp3) is 0.391. The van der Waals surface area contributed by atoms with Gasteiger partial charge in [-0.05, 0) is 62.4 Å². The van der Waals surface area contributed by atoms with Crippen LogP contribution in [0.4, 0.5) is 11.4 Å². The number of carbonyl (C=O) groups excluding carboxylic acids is 2. The Hall–Kier alpha value is -2.91. The number of hydrogen-bond acceptors (Lipinski definition) is 5. The minimum Gasteiger partial charge on any atom is -0.482 e. The smallest absolute Gasteiger partial charge is 0.262 e. The molecule has 4 rings (SSSR count). The Bertz CT molecular complexity index is 1190. The van der Waals surface area contributed by atoms with E-state index in [1.165, 1.54) is 10.4 Å². The molecule has 0 aromatic heterocycles. The number of rotatable bonds is 4. The molecule has 0 radical (unpaired) electrons. The fourth-order valence-electron chi connectivity index (χ4n) is 4.11. The zero-order valence-electron chi connectivity index (χ0n) is 18.4. The van der Waals surface area contributed by atoms with Gasteiger partial charge in [0, 0.05) is 24.8 Å². The van der Waals surface area contributed by atoms with Crippen molar-refractivity contribution in [3.05, 3.63) is 47.0 Å². The van der Waals surface area contributed by atoms with Crippen molar-refractivity contribution < 1.29 is 22.7 Å². The van der Waals surface area contributed by atoms with E-state index in [0.717, 1.165) is 16.8 Å². The number of hydrogen-bond donors (Lipinski definition) is 2. The van der Waals surface area contributed by atoms with Crippen LogP contribution < -0.4 is 15.4 Å². The third kappa shape index (κ3) is 4.35. The highest BCUT2D eigenvalue weighted by molar-refractivity contribution is 7.89. The number of sulfonamides is 1. The highest BCUT2D eigenvalue weighted by Crippen LogP contribution is 2.35. The zero-order chi connectivity index (χ0) is 23.0. The SMILES string of the molecule is Cc1ccc(C)c(NC(=O)C2CCCN(S(=O)(=O)c3cc4c(cc3C)NC(=O)CO4)C2)c1. The van der Waals surface area contributed by atoms with Crippen LogP contribution in [0.15, 0.2) is 35.2 Å². The van der Waals surface area contributed by atoms with E-state index < -0.39 is 15.9 Å². The van der Waals surface area contributed by atoms with Crippen LogP contribution in [0.3, 0.4) is 0 Å². The number of piperidine rings is 1. The second-order valence-electron chi connectivity index (χ2n) is 8.46. The number of nitrogens with one attached hydrogen (secondary N) is 2. The lowest BCUT2D eigenvalue weighted by molar-refractivity contribution is -0.121. The van der Waals surface area contributed by atoms with Gasteiger partial charge < -0.3 is 15.4 Å². The van der Waals surface area contributed by atoms with Crippen LogP contribution in [0.2, 0.25) is 0 Å². The normalized spacial score (nSPS) is 19.0. The Balaban J connectivity index is 1.54. The van der Waals surface area contributed by atoms with Crippen LogP contribution in [-0.2, 0) is 19.6 Å². The number of ether oxygens (including phenoxy) is 1. The summed E-state index contributed by atoms with van der Waals surface area (Å²) in [5.41, 5.74) is 3.72. The minimum absolute atomic E-state index is 0.118. The summed E-state index contributed by atoms with van der Waals surface area (Å²) in [5, 5.41) is 5.66. The summed E-state index contributed by atoms with van der Waals surface area (Å²) in [6.45, 7) is 5.88. The van der Waals surface area contributed by atoms with Crippen molar-refractivity contribution in [2.75, 3.05) is 30.3 Å². The van der Waals surface area contributed by atoms with Crippen molar-refractivity contribution in [3.63, 3.8) is 0 Å². The lowest BCUT2D eigenvalue weighted by Gasteiger charge is -2.32. The Morgan fingerprint density at radius 1 is 1.16 bits per heavy atom. The molecule has 2 aliphatic rings. The monoisotopic (exact) mass is 457 g/mol. The van der Waals surface area contributed by atoms with Gasteiger partial charge in [-0.1, -0.05) is 12.1 Å². The molecule has 0 aliphatic carbocycles. The lowest BCUT2D eigenvalue weighted by Crippen LogP contribution is -2.44. The predicted molar refractivity (Wildman–Crippen MR) is 121 cm³/mol. The van der Waals surface area contributed by atoms with E-state index in [-0.39, 0.29) is 29.9 Å². The summed E-state index contributed by atoms with van der Waals surface area (Å²) in [6, 6.07) is 8.91. The van der Waals surface area contributed by atoms with Gasteiger partial charge in [0.05, 0.1) is 16.5 Å². The highest BCUT2D eigenvalue weighted by Gasteiger charge is 2.35. The van der Waals surface area contributed by atoms with Crippen molar-refractivity contribution in [1.82, 2.24) is 4.31 Å². The molecule has 8 nitrogen and oxygen atoms in total. The number of benzene rings is 2. The molecule has 1 saturated heterocycles. The van der Waals surface area contributed by atoms with Gasteiger partial charge in [-0.25, -0.2) is 8.42 Å². The Kier molecular flexibility index (Phi) is 5.96. The summed E-state index contributed by atoms with van der Waals surface area (Å²) >= 11 is 0. The van der Waals surface area contributed by atoms with Crippen LogP contribution in [-0.4, -0.2) is 44.2 Å². The molecule has 1 atom stereocenters. The van der Waals surface area contributed by atoms with Gasteiger partial charge in [0.15, 0.2) is 6.61 Å². The molecule has 32 heavy (non-hydrogen) atoms. The molecule has 170 valence electrons. The molecule has 2 heterocycles. The topological polar surface area (TPSA) is 105 Å². The quantitative estimate of drug-likeness (QED) is 0.734. The predicted octanol–water partition coefficient (Wildman–Crippen LogP) is 2.98. The Labute approximate surface area is 188 Å². The molecule has 2 aliphatic heterocycles. The van der Waals surface area contributed by atoms with Gasteiger partial charge in [0.2, 0.25) is 15.9 Å². The molecule has 2 aromatic carbocycles. The van der Waals surface area contributed by atoms with Crippen molar-refractivity contribution in [3.8, 4) is 5.75 Å². The first-order valence-electron chi connectivity index (χ1n) is 10.6. The number of aryl methyl sites for hydroxylation is 3. The summed E-state index contributed by atoms with van der Waals surface area (Å²) in [4.78, 5) is 24.6. The first-order valence-corrected chi connectivity index (χ1v) is 12.0. The Morgan fingerprint density at radius 3 is 2.72 bits per heavy atom. The maximum absolute atomic E-state index is 13.4. The van der Waals surface area contributed by atoms with E-state index in [1.807, 2.05) is 32.0 Å². The number of amides is 2. The van der Waals surface area contributed by atoms with Crippen LogP contribution in [0.1, 0.15) is 29.5 Å². The standard InChI is InChI=1S/C23H27N3O5S/c1-14-6-7-15(2)18(9-14)25-23(28)17-5-4-8-26(12-17)32(29,30)21-11-20-19(10-16(21)3)24-22(27)13-31-20/h6-7,9-11,17H,4-5,8,12-13H2,1-3H3,(H,24,27)(H,25,28). The number of carbonyl (C=O) groups is 2. The molecule has 1 fully saturated rings. The first kappa shape index (κ1) is 22.3. The molecular formula is C23H27N3O5S. The van der Waals surface area contributed by atoms with Crippen molar-refractivity contribution >= 4 is 33.2 Å². The number of nitrogens with zero attached hydrogens (tertiary/aromatic N) is 1. The maximum Gasteiger partial charge on any atom is 0.262 e. The van der Waals surface area contributed by atoms with Crippen LogP contribution in [0.5, 0.6) is 5.75 Å². The molecule has 1 unspecified atom stereocenters. The zero-order valence-corrected chi connectivity index (χ0v) is 19.2. The van der Waals surface area contributed by atoms with Crippen molar-refractivity contribution in [2.24, 2.45) is 5.92 Å². The number of anilines is 2. The molecule has 2 amide bonds. The van der Waals surface area contributed by atoms with Gasteiger partial charge in [-0.3, -0.25) is 9.59 Å². The molecule has 9 heteroatoms. The van der Waals surface area contributed by atoms with E-state index in [4.69, 9.17) is 4.74 Å². The second kappa shape index (κ2) is 8.55.